The molecule has 1 aliphatic carbocycles. The van der Waals surface area contributed by atoms with Crippen LogP contribution in [0.4, 0.5) is 0 Å². The van der Waals surface area contributed by atoms with Gasteiger partial charge in [-0.05, 0) is 31.1 Å². The van der Waals surface area contributed by atoms with E-state index in [0.29, 0.717) is 6.04 Å². The molecule has 2 fully saturated rings. The largest absolute Gasteiger partial charge is 0.370 e. The molecule has 0 aromatic carbocycles. The van der Waals surface area contributed by atoms with E-state index in [2.05, 4.69) is 23.7 Å². The molecule has 2 rings (SSSR count). The smallest absolute Gasteiger partial charge is 0.191 e. The van der Waals surface area contributed by atoms with Crippen LogP contribution < -0.4 is 5.73 Å². The second kappa shape index (κ2) is 5.07. The van der Waals surface area contributed by atoms with Gasteiger partial charge in [-0.15, -0.1) is 0 Å². The van der Waals surface area contributed by atoms with Gasteiger partial charge in [-0.2, -0.15) is 0 Å². The number of nitrogens with two attached hydrogens (primary N) is 1. The van der Waals surface area contributed by atoms with Crippen molar-refractivity contribution in [2.75, 3.05) is 13.1 Å². The van der Waals surface area contributed by atoms with Gasteiger partial charge in [0.2, 0.25) is 0 Å². The van der Waals surface area contributed by atoms with Crippen molar-refractivity contribution in [3.63, 3.8) is 0 Å². The minimum absolute atomic E-state index is 0.507. The standard InChI is InChI=1S/C13H25N3/c1-10-7-11(2)9-16(8-10)13(14)15-12-5-3-4-6-12/h10-12H,3-9H2,1-2H3,(H2,14,15). The van der Waals surface area contributed by atoms with Gasteiger partial charge in [0.1, 0.15) is 0 Å². The molecule has 0 amide bonds. The quantitative estimate of drug-likeness (QED) is 0.547. The number of guanidine groups is 1. The molecule has 2 unspecified atom stereocenters. The highest BCUT2D eigenvalue weighted by molar-refractivity contribution is 5.78. The first-order valence-corrected chi connectivity index (χ1v) is 6.73. The van der Waals surface area contributed by atoms with Crippen molar-refractivity contribution in [2.24, 2.45) is 22.6 Å². The van der Waals surface area contributed by atoms with Gasteiger partial charge in [-0.25, -0.2) is 4.99 Å². The van der Waals surface area contributed by atoms with Crippen molar-refractivity contribution >= 4 is 5.96 Å². The van der Waals surface area contributed by atoms with Crippen molar-refractivity contribution in [3.8, 4) is 0 Å². The average molecular weight is 223 g/mol. The number of likely N-dealkylation sites (tertiary alicyclic amines) is 1. The molecule has 2 atom stereocenters. The summed E-state index contributed by atoms with van der Waals surface area (Å²) in [6.07, 6.45) is 6.45. The summed E-state index contributed by atoms with van der Waals surface area (Å²) in [6, 6.07) is 0.507. The van der Waals surface area contributed by atoms with Crippen LogP contribution in [0, 0.1) is 11.8 Å². The lowest BCUT2D eigenvalue weighted by atomic mass is 9.92. The molecular weight excluding hydrogens is 198 g/mol. The fourth-order valence-electron chi connectivity index (χ4n) is 3.15. The predicted octanol–water partition coefficient (Wildman–Crippen LogP) is 2.22. The van der Waals surface area contributed by atoms with Gasteiger partial charge in [-0.3, -0.25) is 0 Å². The summed E-state index contributed by atoms with van der Waals surface area (Å²) in [5.74, 6) is 2.30. The Hall–Kier alpha value is -0.730. The van der Waals surface area contributed by atoms with Gasteiger partial charge >= 0.3 is 0 Å². The van der Waals surface area contributed by atoms with E-state index in [-0.39, 0.29) is 0 Å². The molecule has 0 aromatic heterocycles. The Kier molecular flexibility index (Phi) is 3.72. The SMILES string of the molecule is CC1CC(C)CN(C(N)=NC2CCCC2)C1. The molecule has 1 heterocycles. The highest BCUT2D eigenvalue weighted by Crippen LogP contribution is 2.23. The fourth-order valence-corrected chi connectivity index (χ4v) is 3.15. The van der Waals surface area contributed by atoms with Crippen LogP contribution in [-0.4, -0.2) is 30.0 Å². The zero-order chi connectivity index (χ0) is 11.5. The average Bonchev–Trinajstić information content (AvgIpc) is 2.68. The molecule has 0 aromatic rings. The summed E-state index contributed by atoms with van der Waals surface area (Å²) >= 11 is 0. The zero-order valence-corrected chi connectivity index (χ0v) is 10.7. The molecule has 3 nitrogen and oxygen atoms in total. The highest BCUT2D eigenvalue weighted by atomic mass is 15.3. The van der Waals surface area contributed by atoms with Gasteiger partial charge in [0.05, 0.1) is 6.04 Å². The topological polar surface area (TPSA) is 41.6 Å². The van der Waals surface area contributed by atoms with E-state index in [4.69, 9.17) is 5.73 Å². The summed E-state index contributed by atoms with van der Waals surface area (Å²) in [6.45, 7) is 6.80. The number of hydrogen-bond acceptors (Lipinski definition) is 1. The maximum absolute atomic E-state index is 6.13. The minimum Gasteiger partial charge on any atom is -0.370 e. The normalized spacial score (nSPS) is 33.4. The van der Waals surface area contributed by atoms with Gasteiger partial charge in [0.25, 0.3) is 0 Å². The maximum Gasteiger partial charge on any atom is 0.191 e. The van der Waals surface area contributed by atoms with Crippen LogP contribution in [0.3, 0.4) is 0 Å². The number of nitrogens with zero attached hydrogens (tertiary/aromatic N) is 2. The Morgan fingerprint density at radius 2 is 1.69 bits per heavy atom. The third-order valence-corrected chi connectivity index (χ3v) is 3.83. The van der Waals surface area contributed by atoms with E-state index in [0.717, 1.165) is 30.9 Å². The van der Waals surface area contributed by atoms with E-state index in [1.807, 2.05) is 0 Å². The molecule has 92 valence electrons. The van der Waals surface area contributed by atoms with E-state index in [1.165, 1.54) is 32.1 Å². The van der Waals surface area contributed by atoms with Crippen molar-refractivity contribution in [2.45, 2.75) is 52.0 Å². The van der Waals surface area contributed by atoms with Crippen molar-refractivity contribution in [1.29, 1.82) is 0 Å². The van der Waals surface area contributed by atoms with Gasteiger partial charge in [-0.1, -0.05) is 26.7 Å². The third kappa shape index (κ3) is 2.89. The van der Waals surface area contributed by atoms with Crippen molar-refractivity contribution < 1.29 is 0 Å². The molecule has 2 N–H and O–H groups in total. The number of hydrogen-bond donors (Lipinski definition) is 1. The van der Waals surface area contributed by atoms with E-state index in [9.17, 15) is 0 Å². The molecule has 0 radical (unpaired) electrons. The van der Waals surface area contributed by atoms with Crippen molar-refractivity contribution in [1.82, 2.24) is 4.90 Å². The van der Waals surface area contributed by atoms with Crippen LogP contribution in [-0.2, 0) is 0 Å². The number of rotatable bonds is 1. The number of piperidine rings is 1. The summed E-state index contributed by atoms with van der Waals surface area (Å²) in [7, 11) is 0. The van der Waals surface area contributed by atoms with Crippen LogP contribution in [0.2, 0.25) is 0 Å². The molecule has 2 aliphatic rings. The predicted molar refractivity (Wildman–Crippen MR) is 68.4 cm³/mol. The Labute approximate surface area is 99.1 Å². The van der Waals surface area contributed by atoms with E-state index in [1.54, 1.807) is 0 Å². The first kappa shape index (κ1) is 11.7. The molecule has 0 spiro atoms. The Morgan fingerprint density at radius 1 is 1.12 bits per heavy atom. The maximum atomic E-state index is 6.13. The molecular formula is C13H25N3. The monoisotopic (exact) mass is 223 g/mol. The molecule has 3 heteroatoms. The lowest BCUT2D eigenvalue weighted by Crippen LogP contribution is -2.46. The van der Waals surface area contributed by atoms with Gasteiger partial charge < -0.3 is 10.6 Å². The van der Waals surface area contributed by atoms with Gasteiger partial charge in [0, 0.05) is 13.1 Å². The summed E-state index contributed by atoms with van der Waals surface area (Å²) in [5, 5.41) is 0. The van der Waals surface area contributed by atoms with Crippen molar-refractivity contribution in [3.05, 3.63) is 0 Å². The molecule has 0 bridgehead atoms. The molecule has 1 saturated carbocycles. The fraction of sp³-hybridized carbons (Fsp3) is 0.923. The first-order valence-electron chi connectivity index (χ1n) is 6.73. The summed E-state index contributed by atoms with van der Waals surface area (Å²) in [5.41, 5.74) is 6.13. The van der Waals surface area contributed by atoms with Gasteiger partial charge in [0.15, 0.2) is 5.96 Å². The summed E-state index contributed by atoms with van der Waals surface area (Å²) < 4.78 is 0. The Bertz CT molecular complexity index is 246. The third-order valence-electron chi connectivity index (χ3n) is 3.83. The molecule has 16 heavy (non-hydrogen) atoms. The van der Waals surface area contributed by atoms with E-state index >= 15 is 0 Å². The second-order valence-corrected chi connectivity index (χ2v) is 5.78. The molecule has 1 saturated heterocycles. The lowest BCUT2D eigenvalue weighted by molar-refractivity contribution is 0.211. The van der Waals surface area contributed by atoms with Crippen LogP contribution in [0.15, 0.2) is 4.99 Å². The van der Waals surface area contributed by atoms with Crippen LogP contribution in [0.25, 0.3) is 0 Å². The van der Waals surface area contributed by atoms with Crippen LogP contribution in [0.1, 0.15) is 46.0 Å². The molecule has 1 aliphatic heterocycles. The summed E-state index contributed by atoms with van der Waals surface area (Å²) in [4.78, 5) is 6.98. The lowest BCUT2D eigenvalue weighted by Gasteiger charge is -2.35. The Balaban J connectivity index is 1.94. The van der Waals surface area contributed by atoms with E-state index < -0.39 is 0 Å². The first-order chi connectivity index (χ1) is 7.65. The zero-order valence-electron chi connectivity index (χ0n) is 10.7. The minimum atomic E-state index is 0.507. The van der Waals surface area contributed by atoms with Crippen LogP contribution >= 0.6 is 0 Å². The Morgan fingerprint density at radius 3 is 2.25 bits per heavy atom. The van der Waals surface area contributed by atoms with Crippen LogP contribution in [0.5, 0.6) is 0 Å². The highest BCUT2D eigenvalue weighted by Gasteiger charge is 2.24. The second-order valence-electron chi connectivity index (χ2n) is 5.78. The number of aliphatic imine (C=N–C) groups is 1.